The number of carbonyl (C=O) groups excluding carboxylic acids is 1. The van der Waals surface area contributed by atoms with Crippen LogP contribution < -0.4 is 0 Å². The molecule has 0 aromatic heterocycles. The van der Waals surface area contributed by atoms with Crippen molar-refractivity contribution in [3.8, 4) is 0 Å². The Morgan fingerprint density at radius 1 is 1.50 bits per heavy atom. The van der Waals surface area contributed by atoms with E-state index in [4.69, 9.17) is 5.11 Å². The number of halogens is 1. The fourth-order valence-corrected chi connectivity index (χ4v) is 3.06. The number of likely N-dealkylation sites (tertiary alicyclic amines) is 1. The summed E-state index contributed by atoms with van der Waals surface area (Å²) in [5, 5.41) is 8.90. The van der Waals surface area contributed by atoms with E-state index in [0.29, 0.717) is 6.04 Å². The Kier molecular flexibility index (Phi) is 5.00. The molecule has 1 N–H and O–H groups in total. The summed E-state index contributed by atoms with van der Waals surface area (Å²) in [6.07, 6.45) is 3.83. The Balaban J connectivity index is 2.08. The standard InChI is InChI=1S/C14H18INO2/c15-12-5-1-4-11(10-12)14(18)16-8-2-6-13(16)7-3-9-17/h1,4-5,10,13,17H,2-3,6-9H2. The molecule has 1 aromatic rings. The van der Waals surface area contributed by atoms with Gasteiger partial charge in [0.1, 0.15) is 0 Å². The van der Waals surface area contributed by atoms with Gasteiger partial charge in [0.2, 0.25) is 0 Å². The average Bonchev–Trinajstić information content (AvgIpc) is 2.83. The van der Waals surface area contributed by atoms with Crippen molar-refractivity contribution >= 4 is 28.5 Å². The quantitative estimate of drug-likeness (QED) is 0.840. The van der Waals surface area contributed by atoms with Crippen LogP contribution in [0.5, 0.6) is 0 Å². The number of benzene rings is 1. The van der Waals surface area contributed by atoms with Crippen LogP contribution in [0.15, 0.2) is 24.3 Å². The summed E-state index contributed by atoms with van der Waals surface area (Å²) in [6, 6.07) is 8.04. The number of rotatable bonds is 4. The van der Waals surface area contributed by atoms with Gasteiger partial charge in [0.25, 0.3) is 5.91 Å². The summed E-state index contributed by atoms with van der Waals surface area (Å²) in [4.78, 5) is 14.4. The molecule has 1 aromatic carbocycles. The zero-order valence-electron chi connectivity index (χ0n) is 10.3. The van der Waals surface area contributed by atoms with Crippen molar-refractivity contribution in [3.05, 3.63) is 33.4 Å². The minimum absolute atomic E-state index is 0.133. The van der Waals surface area contributed by atoms with Gasteiger partial charge in [-0.3, -0.25) is 4.79 Å². The molecule has 0 aliphatic carbocycles. The topological polar surface area (TPSA) is 40.5 Å². The van der Waals surface area contributed by atoms with Gasteiger partial charge in [-0.1, -0.05) is 6.07 Å². The molecule has 0 saturated carbocycles. The Bertz CT molecular complexity index is 422. The van der Waals surface area contributed by atoms with Crippen LogP contribution in [0.4, 0.5) is 0 Å². The molecule has 2 rings (SSSR count). The maximum absolute atomic E-state index is 12.4. The third kappa shape index (κ3) is 3.23. The first kappa shape index (κ1) is 13.8. The maximum Gasteiger partial charge on any atom is 0.254 e. The molecule has 1 aliphatic rings. The molecule has 1 aliphatic heterocycles. The molecular weight excluding hydrogens is 341 g/mol. The predicted molar refractivity (Wildman–Crippen MR) is 79.5 cm³/mol. The zero-order chi connectivity index (χ0) is 13.0. The van der Waals surface area contributed by atoms with Crippen molar-refractivity contribution in [2.45, 2.75) is 31.7 Å². The van der Waals surface area contributed by atoms with Gasteiger partial charge in [0, 0.05) is 28.3 Å². The van der Waals surface area contributed by atoms with Crippen LogP contribution >= 0.6 is 22.6 Å². The van der Waals surface area contributed by atoms with Crippen LogP contribution in [0.1, 0.15) is 36.0 Å². The van der Waals surface area contributed by atoms with E-state index in [1.54, 1.807) is 0 Å². The third-order valence-corrected chi connectivity index (χ3v) is 4.08. The second-order valence-corrected chi connectivity index (χ2v) is 5.92. The Morgan fingerprint density at radius 2 is 2.33 bits per heavy atom. The van der Waals surface area contributed by atoms with Crippen LogP contribution in [0.3, 0.4) is 0 Å². The fraction of sp³-hybridized carbons (Fsp3) is 0.500. The van der Waals surface area contributed by atoms with Gasteiger partial charge in [-0.15, -0.1) is 0 Å². The van der Waals surface area contributed by atoms with E-state index < -0.39 is 0 Å². The minimum atomic E-state index is 0.133. The van der Waals surface area contributed by atoms with E-state index in [-0.39, 0.29) is 12.5 Å². The number of aliphatic hydroxyl groups excluding tert-OH is 1. The molecule has 0 spiro atoms. The van der Waals surface area contributed by atoms with Crippen molar-refractivity contribution in [2.75, 3.05) is 13.2 Å². The van der Waals surface area contributed by atoms with E-state index in [9.17, 15) is 4.79 Å². The summed E-state index contributed by atoms with van der Waals surface area (Å²) in [7, 11) is 0. The van der Waals surface area contributed by atoms with Gasteiger partial charge in [0.05, 0.1) is 0 Å². The van der Waals surface area contributed by atoms with Gasteiger partial charge >= 0.3 is 0 Å². The first-order chi connectivity index (χ1) is 8.72. The maximum atomic E-state index is 12.4. The van der Waals surface area contributed by atoms with E-state index in [1.165, 1.54) is 0 Å². The van der Waals surface area contributed by atoms with Gasteiger partial charge < -0.3 is 10.0 Å². The third-order valence-electron chi connectivity index (χ3n) is 3.41. The number of hydrogen-bond donors (Lipinski definition) is 1. The summed E-state index contributed by atoms with van der Waals surface area (Å²) in [5.74, 6) is 0.133. The molecule has 0 bridgehead atoms. The van der Waals surface area contributed by atoms with Crippen LogP contribution in [-0.2, 0) is 0 Å². The largest absolute Gasteiger partial charge is 0.396 e. The minimum Gasteiger partial charge on any atom is -0.396 e. The SMILES string of the molecule is O=C(c1cccc(I)c1)N1CCCC1CCCO. The lowest BCUT2D eigenvalue weighted by Gasteiger charge is -2.24. The van der Waals surface area contributed by atoms with E-state index in [0.717, 1.165) is 41.4 Å². The van der Waals surface area contributed by atoms with Gasteiger partial charge in [-0.25, -0.2) is 0 Å². The monoisotopic (exact) mass is 359 g/mol. The van der Waals surface area contributed by atoms with Crippen LogP contribution in [0.25, 0.3) is 0 Å². The zero-order valence-corrected chi connectivity index (χ0v) is 12.5. The highest BCUT2D eigenvalue weighted by Crippen LogP contribution is 2.23. The van der Waals surface area contributed by atoms with Crippen LogP contribution in [0.2, 0.25) is 0 Å². The van der Waals surface area contributed by atoms with Gasteiger partial charge in [-0.2, -0.15) is 0 Å². The van der Waals surface area contributed by atoms with Crippen molar-refractivity contribution < 1.29 is 9.90 Å². The Morgan fingerprint density at radius 3 is 3.06 bits per heavy atom. The average molecular weight is 359 g/mol. The summed E-state index contributed by atoms with van der Waals surface area (Å²) in [6.45, 7) is 1.06. The predicted octanol–water partition coefficient (Wildman–Crippen LogP) is 2.67. The molecule has 18 heavy (non-hydrogen) atoms. The summed E-state index contributed by atoms with van der Waals surface area (Å²) >= 11 is 2.23. The Hall–Kier alpha value is -0.620. The van der Waals surface area contributed by atoms with E-state index in [2.05, 4.69) is 22.6 Å². The number of amides is 1. The first-order valence-corrected chi connectivity index (χ1v) is 7.47. The second kappa shape index (κ2) is 6.52. The molecule has 4 heteroatoms. The van der Waals surface area contributed by atoms with E-state index in [1.807, 2.05) is 29.2 Å². The lowest BCUT2D eigenvalue weighted by Crippen LogP contribution is -2.35. The number of aliphatic hydroxyl groups is 1. The summed E-state index contributed by atoms with van der Waals surface area (Å²) in [5.41, 5.74) is 0.776. The molecule has 1 unspecified atom stereocenters. The highest BCUT2D eigenvalue weighted by Gasteiger charge is 2.28. The van der Waals surface area contributed by atoms with Crippen LogP contribution in [0, 0.1) is 3.57 Å². The number of hydrogen-bond acceptors (Lipinski definition) is 2. The molecule has 98 valence electrons. The van der Waals surface area contributed by atoms with Crippen LogP contribution in [-0.4, -0.2) is 35.1 Å². The number of nitrogens with zero attached hydrogens (tertiary/aromatic N) is 1. The highest BCUT2D eigenvalue weighted by atomic mass is 127. The van der Waals surface area contributed by atoms with Crippen molar-refractivity contribution in [2.24, 2.45) is 0 Å². The highest BCUT2D eigenvalue weighted by molar-refractivity contribution is 14.1. The first-order valence-electron chi connectivity index (χ1n) is 6.40. The lowest BCUT2D eigenvalue weighted by atomic mass is 10.1. The Labute approximate surface area is 121 Å². The second-order valence-electron chi connectivity index (χ2n) is 4.67. The smallest absolute Gasteiger partial charge is 0.254 e. The molecular formula is C14H18INO2. The normalized spacial score (nSPS) is 19.2. The molecule has 1 fully saturated rings. The number of carbonyl (C=O) groups is 1. The molecule has 1 atom stereocenters. The molecule has 0 radical (unpaired) electrons. The molecule has 3 nitrogen and oxygen atoms in total. The van der Waals surface area contributed by atoms with E-state index >= 15 is 0 Å². The molecule has 1 heterocycles. The lowest BCUT2D eigenvalue weighted by molar-refractivity contribution is 0.0724. The van der Waals surface area contributed by atoms with Crippen molar-refractivity contribution in [3.63, 3.8) is 0 Å². The molecule has 1 saturated heterocycles. The summed E-state index contributed by atoms with van der Waals surface area (Å²) < 4.78 is 1.09. The van der Waals surface area contributed by atoms with Gasteiger partial charge in [-0.05, 0) is 66.5 Å². The van der Waals surface area contributed by atoms with Gasteiger partial charge in [0.15, 0.2) is 0 Å². The van der Waals surface area contributed by atoms with Crippen molar-refractivity contribution in [1.29, 1.82) is 0 Å². The van der Waals surface area contributed by atoms with Crippen molar-refractivity contribution in [1.82, 2.24) is 4.90 Å². The molecule has 1 amide bonds. The fourth-order valence-electron chi connectivity index (χ4n) is 2.52.